The maximum Gasteiger partial charge on any atom is 0.181 e. The molecule has 0 saturated heterocycles. The SMILES string of the molecule is COc1cc(C(C)=O)cc(NCc2cc(C(C)=O)cc(OC)c2OC)c1O. The van der Waals surface area contributed by atoms with Gasteiger partial charge in [0, 0.05) is 23.2 Å². The molecule has 0 spiro atoms. The van der Waals surface area contributed by atoms with Crippen LogP contribution in [-0.4, -0.2) is 38.0 Å². The second-order valence-electron chi connectivity index (χ2n) is 5.91. The van der Waals surface area contributed by atoms with Crippen LogP contribution in [0.5, 0.6) is 23.0 Å². The predicted octanol–water partition coefficient (Wildman–Crippen LogP) is 3.44. The van der Waals surface area contributed by atoms with E-state index in [0.29, 0.717) is 33.9 Å². The van der Waals surface area contributed by atoms with Crippen molar-refractivity contribution in [3.05, 3.63) is 41.0 Å². The van der Waals surface area contributed by atoms with Crippen LogP contribution in [0.4, 0.5) is 5.69 Å². The Kier molecular flexibility index (Phi) is 6.28. The number of rotatable bonds is 8. The van der Waals surface area contributed by atoms with Crippen molar-refractivity contribution >= 4 is 17.3 Å². The number of Topliss-reactive ketones (excluding diaryl/α,β-unsaturated/α-hetero) is 2. The van der Waals surface area contributed by atoms with Gasteiger partial charge >= 0.3 is 0 Å². The van der Waals surface area contributed by atoms with Crippen LogP contribution in [0.1, 0.15) is 40.1 Å². The third-order valence-corrected chi connectivity index (χ3v) is 4.13. The van der Waals surface area contributed by atoms with Crippen molar-refractivity contribution < 1.29 is 28.9 Å². The Morgan fingerprint density at radius 2 is 1.44 bits per heavy atom. The lowest BCUT2D eigenvalue weighted by molar-refractivity contribution is 0.100. The zero-order valence-corrected chi connectivity index (χ0v) is 16.0. The van der Waals surface area contributed by atoms with E-state index in [2.05, 4.69) is 5.32 Å². The molecule has 0 bridgehead atoms. The lowest BCUT2D eigenvalue weighted by Gasteiger charge is -2.17. The number of ketones is 2. The fourth-order valence-corrected chi connectivity index (χ4v) is 2.67. The Hall–Kier alpha value is -3.22. The van der Waals surface area contributed by atoms with E-state index < -0.39 is 0 Å². The van der Waals surface area contributed by atoms with Crippen LogP contribution in [0.2, 0.25) is 0 Å². The van der Waals surface area contributed by atoms with Gasteiger partial charge in [0.2, 0.25) is 0 Å². The molecule has 0 aliphatic rings. The zero-order valence-electron chi connectivity index (χ0n) is 16.0. The lowest BCUT2D eigenvalue weighted by Crippen LogP contribution is -2.07. The van der Waals surface area contributed by atoms with Gasteiger partial charge < -0.3 is 24.6 Å². The first-order valence-electron chi connectivity index (χ1n) is 8.24. The summed E-state index contributed by atoms with van der Waals surface area (Å²) in [5, 5.41) is 13.4. The Morgan fingerprint density at radius 1 is 0.889 bits per heavy atom. The van der Waals surface area contributed by atoms with E-state index in [0.717, 1.165) is 0 Å². The van der Waals surface area contributed by atoms with Gasteiger partial charge in [-0.15, -0.1) is 0 Å². The number of hydrogen-bond acceptors (Lipinski definition) is 7. The number of anilines is 1. The van der Waals surface area contributed by atoms with Crippen molar-refractivity contribution in [3.8, 4) is 23.0 Å². The second-order valence-corrected chi connectivity index (χ2v) is 5.91. The third kappa shape index (κ3) is 4.31. The number of aromatic hydroxyl groups is 1. The standard InChI is InChI=1S/C20H23NO6/c1-11(22)13-6-15(20(27-5)18(9-13)26-4)10-21-16-7-14(12(2)23)8-17(25-3)19(16)24/h6-9,21,24H,10H2,1-5H3. The van der Waals surface area contributed by atoms with Gasteiger partial charge in [0.15, 0.2) is 34.6 Å². The molecule has 2 N–H and O–H groups in total. The third-order valence-electron chi connectivity index (χ3n) is 4.13. The number of benzene rings is 2. The van der Waals surface area contributed by atoms with Gasteiger partial charge in [0.1, 0.15) is 0 Å². The molecule has 144 valence electrons. The van der Waals surface area contributed by atoms with Crippen LogP contribution >= 0.6 is 0 Å². The molecule has 0 amide bonds. The fraction of sp³-hybridized carbons (Fsp3) is 0.300. The molecule has 7 nitrogen and oxygen atoms in total. The van der Waals surface area contributed by atoms with E-state index in [-0.39, 0.29) is 29.6 Å². The summed E-state index contributed by atoms with van der Waals surface area (Å²) in [6.45, 7) is 3.12. The number of carbonyl (C=O) groups excluding carboxylic acids is 2. The Labute approximate surface area is 157 Å². The van der Waals surface area contributed by atoms with E-state index in [4.69, 9.17) is 14.2 Å². The number of phenols is 1. The summed E-state index contributed by atoms with van der Waals surface area (Å²) in [5.74, 6) is 0.711. The highest BCUT2D eigenvalue weighted by Gasteiger charge is 2.17. The largest absolute Gasteiger partial charge is 0.503 e. The Bertz CT molecular complexity index is 875. The highest BCUT2D eigenvalue weighted by Crippen LogP contribution is 2.37. The lowest BCUT2D eigenvalue weighted by atomic mass is 10.0. The van der Waals surface area contributed by atoms with Gasteiger partial charge in [-0.25, -0.2) is 0 Å². The van der Waals surface area contributed by atoms with E-state index in [1.807, 2.05) is 0 Å². The number of methoxy groups -OCH3 is 3. The van der Waals surface area contributed by atoms with Gasteiger partial charge in [0.25, 0.3) is 0 Å². The van der Waals surface area contributed by atoms with Gasteiger partial charge in [-0.05, 0) is 38.1 Å². The van der Waals surface area contributed by atoms with Gasteiger partial charge in [-0.1, -0.05) is 0 Å². The van der Waals surface area contributed by atoms with Crippen LogP contribution in [0.3, 0.4) is 0 Å². The quantitative estimate of drug-likeness (QED) is 0.541. The topological polar surface area (TPSA) is 94.1 Å². The molecule has 27 heavy (non-hydrogen) atoms. The van der Waals surface area contributed by atoms with Gasteiger partial charge in [-0.3, -0.25) is 9.59 Å². The van der Waals surface area contributed by atoms with Gasteiger partial charge in [0.05, 0.1) is 27.0 Å². The summed E-state index contributed by atoms with van der Waals surface area (Å²) in [6, 6.07) is 6.32. The van der Waals surface area contributed by atoms with Gasteiger partial charge in [-0.2, -0.15) is 0 Å². The van der Waals surface area contributed by atoms with Crippen molar-refractivity contribution in [2.45, 2.75) is 20.4 Å². The maximum absolute atomic E-state index is 11.8. The first kappa shape index (κ1) is 20.1. The smallest absolute Gasteiger partial charge is 0.181 e. The molecule has 0 radical (unpaired) electrons. The first-order valence-corrected chi connectivity index (χ1v) is 8.24. The summed E-state index contributed by atoms with van der Waals surface area (Å²) in [4.78, 5) is 23.5. The summed E-state index contributed by atoms with van der Waals surface area (Å²) < 4.78 is 15.9. The number of phenolic OH excluding ortho intramolecular Hbond substituents is 1. The van der Waals surface area contributed by atoms with E-state index >= 15 is 0 Å². The van der Waals surface area contributed by atoms with Crippen LogP contribution < -0.4 is 19.5 Å². The molecule has 2 rings (SSSR count). The highest BCUT2D eigenvalue weighted by atomic mass is 16.5. The molecule has 0 unspecified atom stereocenters. The Balaban J connectivity index is 2.44. The molecule has 0 aliphatic heterocycles. The molecule has 0 aliphatic carbocycles. The van der Waals surface area contributed by atoms with Crippen molar-refractivity contribution in [1.82, 2.24) is 0 Å². The molecule has 2 aromatic rings. The van der Waals surface area contributed by atoms with E-state index in [1.165, 1.54) is 41.2 Å². The second kappa shape index (κ2) is 8.44. The van der Waals surface area contributed by atoms with Crippen molar-refractivity contribution in [2.75, 3.05) is 26.6 Å². The van der Waals surface area contributed by atoms with Crippen LogP contribution in [0.15, 0.2) is 24.3 Å². The Morgan fingerprint density at radius 3 is 1.96 bits per heavy atom. The summed E-state index contributed by atoms with van der Waals surface area (Å²) >= 11 is 0. The molecular weight excluding hydrogens is 350 g/mol. The number of carbonyl (C=O) groups is 2. The van der Waals surface area contributed by atoms with Crippen molar-refractivity contribution in [1.29, 1.82) is 0 Å². The summed E-state index contributed by atoms with van der Waals surface area (Å²) in [5.41, 5.74) is 1.86. The molecule has 0 saturated carbocycles. The fourth-order valence-electron chi connectivity index (χ4n) is 2.67. The highest BCUT2D eigenvalue weighted by molar-refractivity contribution is 5.96. The minimum Gasteiger partial charge on any atom is -0.503 e. The van der Waals surface area contributed by atoms with Crippen molar-refractivity contribution in [2.24, 2.45) is 0 Å². The minimum atomic E-state index is -0.158. The summed E-state index contributed by atoms with van der Waals surface area (Å²) in [7, 11) is 4.41. The molecule has 7 heteroatoms. The molecule has 0 atom stereocenters. The van der Waals surface area contributed by atoms with Crippen LogP contribution in [0.25, 0.3) is 0 Å². The molecule has 0 aromatic heterocycles. The number of ether oxygens (including phenoxy) is 3. The predicted molar refractivity (Wildman–Crippen MR) is 102 cm³/mol. The molecular formula is C20H23NO6. The van der Waals surface area contributed by atoms with Crippen LogP contribution in [0, 0.1) is 0 Å². The number of nitrogens with one attached hydrogen (secondary N) is 1. The van der Waals surface area contributed by atoms with E-state index in [1.54, 1.807) is 18.2 Å². The average Bonchev–Trinajstić information content (AvgIpc) is 2.65. The molecule has 0 fully saturated rings. The zero-order chi connectivity index (χ0) is 20.1. The minimum absolute atomic E-state index is 0.111. The average molecular weight is 373 g/mol. The summed E-state index contributed by atoms with van der Waals surface area (Å²) in [6.07, 6.45) is 0. The number of hydrogen-bond donors (Lipinski definition) is 2. The van der Waals surface area contributed by atoms with Crippen molar-refractivity contribution in [3.63, 3.8) is 0 Å². The van der Waals surface area contributed by atoms with E-state index in [9.17, 15) is 14.7 Å². The molecule has 2 aromatic carbocycles. The molecule has 0 heterocycles. The maximum atomic E-state index is 11.8. The first-order chi connectivity index (χ1) is 12.8. The monoisotopic (exact) mass is 373 g/mol. The normalized spacial score (nSPS) is 10.3. The van der Waals surface area contributed by atoms with Crippen LogP contribution in [-0.2, 0) is 6.54 Å².